The number of hydrogen-bond acceptors (Lipinski definition) is 1. The minimum Gasteiger partial charge on any atom is -0.353 e. The van der Waals surface area contributed by atoms with Crippen molar-refractivity contribution in [2.75, 3.05) is 0 Å². The molecule has 5 rings (SSSR count). The third-order valence-corrected chi connectivity index (χ3v) is 5.88. The van der Waals surface area contributed by atoms with Crippen molar-refractivity contribution < 1.29 is 4.79 Å². The van der Waals surface area contributed by atoms with Gasteiger partial charge in [-0.3, -0.25) is 4.79 Å². The van der Waals surface area contributed by atoms with Crippen LogP contribution < -0.4 is 5.32 Å². The lowest BCUT2D eigenvalue weighted by Crippen LogP contribution is -2.48. The number of amides is 1. The highest BCUT2D eigenvalue weighted by molar-refractivity contribution is 5.84. The summed E-state index contributed by atoms with van der Waals surface area (Å²) in [6.45, 7) is 0. The van der Waals surface area contributed by atoms with E-state index in [0.717, 1.165) is 17.8 Å². The van der Waals surface area contributed by atoms with Crippen LogP contribution in [-0.4, -0.2) is 11.9 Å². The Bertz CT molecular complexity index is 320. The molecule has 2 atom stereocenters. The van der Waals surface area contributed by atoms with Gasteiger partial charge < -0.3 is 5.32 Å². The van der Waals surface area contributed by atoms with Crippen molar-refractivity contribution in [3.8, 4) is 0 Å². The maximum Gasteiger partial charge on any atom is 0.226 e. The molecule has 0 aliphatic heterocycles. The standard InChI is InChI=1S/C14H21NO/c16-13(15-12-2-1-3-12)14-7-9-4-10(8-14)6-11(14)5-9/h9-12H,1-8H2,(H,15,16). The normalized spacial score (nSPS) is 49.4. The number of carbonyl (C=O) groups excluding carboxylic acids is 1. The molecule has 5 saturated carbocycles. The molecule has 0 aromatic carbocycles. The number of rotatable bonds is 2. The molecule has 5 aliphatic rings. The summed E-state index contributed by atoms with van der Waals surface area (Å²) in [5, 5.41) is 3.32. The summed E-state index contributed by atoms with van der Waals surface area (Å²) < 4.78 is 0. The Morgan fingerprint density at radius 3 is 2.31 bits per heavy atom. The molecular formula is C14H21NO. The minimum absolute atomic E-state index is 0.100. The van der Waals surface area contributed by atoms with Gasteiger partial charge in [-0.2, -0.15) is 0 Å². The molecule has 0 aromatic rings. The fourth-order valence-electron chi connectivity index (χ4n) is 5.05. The van der Waals surface area contributed by atoms with E-state index in [1.807, 2.05) is 0 Å². The van der Waals surface area contributed by atoms with Gasteiger partial charge >= 0.3 is 0 Å². The highest BCUT2D eigenvalue weighted by Gasteiger charge is 2.61. The van der Waals surface area contributed by atoms with E-state index in [1.54, 1.807) is 0 Å². The summed E-state index contributed by atoms with van der Waals surface area (Å²) in [7, 11) is 0. The first-order chi connectivity index (χ1) is 7.76. The molecule has 0 aromatic heterocycles. The first kappa shape index (κ1) is 9.49. The lowest BCUT2D eigenvalue weighted by atomic mass is 9.74. The van der Waals surface area contributed by atoms with Gasteiger partial charge in [0.15, 0.2) is 0 Å². The molecule has 88 valence electrons. The Labute approximate surface area is 97.2 Å². The van der Waals surface area contributed by atoms with Crippen molar-refractivity contribution in [3.05, 3.63) is 0 Å². The Balaban J connectivity index is 1.55. The third kappa shape index (κ3) is 1.11. The molecule has 5 aliphatic carbocycles. The van der Waals surface area contributed by atoms with Gasteiger partial charge in [-0.15, -0.1) is 0 Å². The van der Waals surface area contributed by atoms with E-state index < -0.39 is 0 Å². The zero-order chi connectivity index (χ0) is 10.8. The van der Waals surface area contributed by atoms with Gasteiger partial charge in [-0.25, -0.2) is 0 Å². The van der Waals surface area contributed by atoms with Crippen LogP contribution in [0, 0.1) is 23.2 Å². The minimum atomic E-state index is 0.100. The number of carbonyl (C=O) groups is 1. The van der Waals surface area contributed by atoms with Gasteiger partial charge in [0.1, 0.15) is 0 Å². The molecule has 2 nitrogen and oxygen atoms in total. The Hall–Kier alpha value is -0.530. The average molecular weight is 219 g/mol. The van der Waals surface area contributed by atoms with Crippen LogP contribution in [0.5, 0.6) is 0 Å². The van der Waals surface area contributed by atoms with E-state index in [2.05, 4.69) is 5.32 Å². The topological polar surface area (TPSA) is 29.1 Å². The summed E-state index contributed by atoms with van der Waals surface area (Å²) in [6, 6.07) is 0.528. The zero-order valence-electron chi connectivity index (χ0n) is 9.87. The van der Waals surface area contributed by atoms with E-state index in [9.17, 15) is 4.79 Å². The molecule has 0 spiro atoms. The molecule has 0 saturated heterocycles. The lowest BCUT2D eigenvalue weighted by molar-refractivity contribution is -0.134. The Kier molecular flexibility index (Phi) is 1.79. The first-order valence-electron chi connectivity index (χ1n) is 7.07. The molecule has 5 fully saturated rings. The second-order valence-electron chi connectivity index (χ2n) is 6.80. The highest BCUT2D eigenvalue weighted by atomic mass is 16.2. The molecule has 1 amide bonds. The van der Waals surface area contributed by atoms with Gasteiger partial charge in [0, 0.05) is 6.04 Å². The molecule has 0 heterocycles. The molecule has 2 unspecified atom stereocenters. The van der Waals surface area contributed by atoms with Crippen molar-refractivity contribution in [1.82, 2.24) is 5.32 Å². The second kappa shape index (κ2) is 3.02. The molecular weight excluding hydrogens is 198 g/mol. The van der Waals surface area contributed by atoms with Crippen molar-refractivity contribution >= 4 is 5.91 Å². The summed E-state index contributed by atoms with van der Waals surface area (Å²) >= 11 is 0. The highest BCUT2D eigenvalue weighted by Crippen LogP contribution is 2.65. The third-order valence-electron chi connectivity index (χ3n) is 5.88. The molecule has 4 bridgehead atoms. The van der Waals surface area contributed by atoms with Gasteiger partial charge in [-0.05, 0) is 69.1 Å². The van der Waals surface area contributed by atoms with E-state index in [4.69, 9.17) is 0 Å². The van der Waals surface area contributed by atoms with Crippen molar-refractivity contribution in [2.45, 2.75) is 57.4 Å². The van der Waals surface area contributed by atoms with Crippen LogP contribution in [0.1, 0.15) is 51.4 Å². The van der Waals surface area contributed by atoms with Crippen LogP contribution in [0.3, 0.4) is 0 Å². The van der Waals surface area contributed by atoms with Crippen molar-refractivity contribution in [2.24, 2.45) is 23.2 Å². The van der Waals surface area contributed by atoms with E-state index in [0.29, 0.717) is 11.9 Å². The largest absolute Gasteiger partial charge is 0.353 e. The Morgan fingerprint density at radius 1 is 1.06 bits per heavy atom. The number of hydrogen-bond donors (Lipinski definition) is 1. The van der Waals surface area contributed by atoms with Crippen LogP contribution in [-0.2, 0) is 4.79 Å². The van der Waals surface area contributed by atoms with E-state index in [1.165, 1.54) is 51.4 Å². The molecule has 2 heteroatoms. The molecule has 16 heavy (non-hydrogen) atoms. The first-order valence-corrected chi connectivity index (χ1v) is 7.07. The van der Waals surface area contributed by atoms with Gasteiger partial charge in [0.2, 0.25) is 5.91 Å². The maximum absolute atomic E-state index is 12.5. The van der Waals surface area contributed by atoms with Crippen LogP contribution in [0.4, 0.5) is 0 Å². The predicted molar refractivity (Wildman–Crippen MR) is 61.8 cm³/mol. The quantitative estimate of drug-likeness (QED) is 0.759. The van der Waals surface area contributed by atoms with E-state index >= 15 is 0 Å². The Morgan fingerprint density at radius 2 is 1.75 bits per heavy atom. The SMILES string of the molecule is O=C(NC1CCC1)C12CC3CC(CC1C3)C2. The smallest absolute Gasteiger partial charge is 0.226 e. The lowest BCUT2D eigenvalue weighted by Gasteiger charge is -2.35. The van der Waals surface area contributed by atoms with Crippen LogP contribution >= 0.6 is 0 Å². The average Bonchev–Trinajstić information content (AvgIpc) is 2.59. The van der Waals surface area contributed by atoms with Crippen LogP contribution in [0.25, 0.3) is 0 Å². The monoisotopic (exact) mass is 219 g/mol. The van der Waals surface area contributed by atoms with Crippen LogP contribution in [0.2, 0.25) is 0 Å². The van der Waals surface area contributed by atoms with Gasteiger partial charge in [0.05, 0.1) is 5.41 Å². The predicted octanol–water partition coefficient (Wildman–Crippen LogP) is 2.48. The van der Waals surface area contributed by atoms with Gasteiger partial charge in [0.25, 0.3) is 0 Å². The fraction of sp³-hybridized carbons (Fsp3) is 0.929. The molecule has 0 radical (unpaired) electrons. The summed E-state index contributed by atoms with van der Waals surface area (Å²) in [5.74, 6) is 2.97. The summed E-state index contributed by atoms with van der Waals surface area (Å²) in [4.78, 5) is 12.5. The van der Waals surface area contributed by atoms with Crippen molar-refractivity contribution in [3.63, 3.8) is 0 Å². The summed E-state index contributed by atoms with van der Waals surface area (Å²) in [5.41, 5.74) is 0.100. The van der Waals surface area contributed by atoms with Gasteiger partial charge in [-0.1, -0.05) is 0 Å². The number of nitrogens with one attached hydrogen (secondary N) is 1. The zero-order valence-corrected chi connectivity index (χ0v) is 9.87. The van der Waals surface area contributed by atoms with E-state index in [-0.39, 0.29) is 5.41 Å². The second-order valence-corrected chi connectivity index (χ2v) is 6.80. The fourth-order valence-corrected chi connectivity index (χ4v) is 5.05. The maximum atomic E-state index is 12.5. The van der Waals surface area contributed by atoms with Crippen molar-refractivity contribution in [1.29, 1.82) is 0 Å². The van der Waals surface area contributed by atoms with Crippen LogP contribution in [0.15, 0.2) is 0 Å². The summed E-state index contributed by atoms with van der Waals surface area (Å²) in [6.07, 6.45) is 10.3. The molecule has 1 N–H and O–H groups in total.